The van der Waals surface area contributed by atoms with Crippen molar-refractivity contribution in [1.82, 2.24) is 5.32 Å². The van der Waals surface area contributed by atoms with Crippen LogP contribution >= 0.6 is 0 Å². The van der Waals surface area contributed by atoms with Crippen molar-refractivity contribution in [2.75, 3.05) is 0 Å². The van der Waals surface area contributed by atoms with E-state index in [0.717, 1.165) is 25.7 Å². The number of nitrogens with one attached hydrogen (secondary N) is 1. The molecule has 15 heavy (non-hydrogen) atoms. The molecule has 2 N–H and O–H groups in total. The second-order valence-electron chi connectivity index (χ2n) is 4.22. The summed E-state index contributed by atoms with van der Waals surface area (Å²) in [6.07, 6.45) is 6.27. The first-order chi connectivity index (χ1) is 7.11. The number of hydrogen-bond donors (Lipinski definition) is 2. The van der Waals surface area contributed by atoms with Crippen LogP contribution in [0.25, 0.3) is 0 Å². The molecule has 3 heteroatoms. The molecule has 0 aliphatic carbocycles. The molecular formula is C12H25NO2. The molecule has 0 saturated heterocycles. The van der Waals surface area contributed by atoms with Crippen molar-refractivity contribution < 1.29 is 9.90 Å². The zero-order valence-corrected chi connectivity index (χ0v) is 10.3. The van der Waals surface area contributed by atoms with Crippen LogP contribution in [0.15, 0.2) is 0 Å². The molecule has 0 spiro atoms. The Morgan fingerprint density at radius 2 is 1.93 bits per heavy atom. The minimum absolute atomic E-state index is 0.289. The lowest BCUT2D eigenvalue weighted by Crippen LogP contribution is -2.41. The van der Waals surface area contributed by atoms with E-state index in [4.69, 9.17) is 5.11 Å². The highest BCUT2D eigenvalue weighted by atomic mass is 16.4. The molecule has 0 aliphatic rings. The molecule has 0 aromatic rings. The van der Waals surface area contributed by atoms with Crippen LogP contribution in [0.1, 0.15) is 59.3 Å². The van der Waals surface area contributed by atoms with E-state index >= 15 is 0 Å². The van der Waals surface area contributed by atoms with Gasteiger partial charge in [-0.25, -0.2) is 0 Å². The van der Waals surface area contributed by atoms with Gasteiger partial charge in [0, 0.05) is 6.04 Å². The fourth-order valence-electron chi connectivity index (χ4n) is 1.51. The fourth-order valence-corrected chi connectivity index (χ4v) is 1.51. The molecule has 0 fully saturated rings. The number of hydrogen-bond acceptors (Lipinski definition) is 2. The lowest BCUT2D eigenvalue weighted by molar-refractivity contribution is -0.139. The maximum atomic E-state index is 11.0. The Bertz CT molecular complexity index is 171. The summed E-state index contributed by atoms with van der Waals surface area (Å²) in [6, 6.07) is -0.0749. The van der Waals surface area contributed by atoms with Crippen LogP contribution in [-0.2, 0) is 4.79 Å². The molecule has 90 valence electrons. The lowest BCUT2D eigenvalue weighted by Gasteiger charge is -2.18. The zero-order valence-electron chi connectivity index (χ0n) is 10.3. The lowest BCUT2D eigenvalue weighted by atomic mass is 10.1. The molecule has 0 rings (SSSR count). The predicted octanol–water partition coefficient (Wildman–Crippen LogP) is 2.80. The van der Waals surface area contributed by atoms with Gasteiger partial charge in [-0.05, 0) is 19.8 Å². The summed E-state index contributed by atoms with van der Waals surface area (Å²) in [5.74, 6) is -0.716. The monoisotopic (exact) mass is 215 g/mol. The summed E-state index contributed by atoms with van der Waals surface area (Å²) in [6.45, 7) is 6.25. The second kappa shape index (κ2) is 8.72. The molecule has 0 aromatic heterocycles. The van der Waals surface area contributed by atoms with E-state index in [0.29, 0.717) is 0 Å². The summed E-state index contributed by atoms with van der Waals surface area (Å²) in [5, 5.41) is 12.2. The summed E-state index contributed by atoms with van der Waals surface area (Å²) in [5.41, 5.74) is 0. The Morgan fingerprint density at radius 3 is 2.40 bits per heavy atom. The van der Waals surface area contributed by atoms with Gasteiger partial charge in [0.1, 0.15) is 6.04 Å². The molecule has 0 saturated carbocycles. The third-order valence-electron chi connectivity index (χ3n) is 2.74. The first kappa shape index (κ1) is 14.4. The molecule has 2 unspecified atom stereocenters. The van der Waals surface area contributed by atoms with Crippen LogP contribution < -0.4 is 5.32 Å². The van der Waals surface area contributed by atoms with Crippen molar-refractivity contribution in [3.05, 3.63) is 0 Å². The number of carbonyl (C=O) groups is 1. The van der Waals surface area contributed by atoms with Gasteiger partial charge in [-0.2, -0.15) is 0 Å². The Labute approximate surface area is 93.3 Å². The maximum Gasteiger partial charge on any atom is 0.320 e. The van der Waals surface area contributed by atoms with E-state index in [1.54, 1.807) is 0 Å². The molecular weight excluding hydrogens is 190 g/mol. The van der Waals surface area contributed by atoms with Crippen LogP contribution in [0.3, 0.4) is 0 Å². The molecule has 0 heterocycles. The molecule has 0 bridgehead atoms. The second-order valence-corrected chi connectivity index (χ2v) is 4.22. The summed E-state index contributed by atoms with van der Waals surface area (Å²) in [7, 11) is 0. The Balaban J connectivity index is 3.78. The highest BCUT2D eigenvalue weighted by Crippen LogP contribution is 2.07. The van der Waals surface area contributed by atoms with Crippen LogP contribution in [-0.4, -0.2) is 23.2 Å². The highest BCUT2D eigenvalue weighted by molar-refractivity contribution is 5.73. The standard InChI is InChI=1S/C12H25NO2/c1-4-6-7-8-9-11(12(14)15)13-10(3)5-2/h10-11,13H,4-9H2,1-3H3,(H,14,15). The van der Waals surface area contributed by atoms with E-state index in [-0.39, 0.29) is 12.1 Å². The highest BCUT2D eigenvalue weighted by Gasteiger charge is 2.17. The fraction of sp³-hybridized carbons (Fsp3) is 0.917. The Kier molecular flexibility index (Phi) is 8.38. The summed E-state index contributed by atoms with van der Waals surface area (Å²) in [4.78, 5) is 11.0. The topological polar surface area (TPSA) is 49.3 Å². The summed E-state index contributed by atoms with van der Waals surface area (Å²) < 4.78 is 0. The van der Waals surface area contributed by atoms with Gasteiger partial charge in [0.2, 0.25) is 0 Å². The third-order valence-corrected chi connectivity index (χ3v) is 2.74. The van der Waals surface area contributed by atoms with Gasteiger partial charge in [-0.1, -0.05) is 39.5 Å². The SMILES string of the molecule is CCCCCCC(NC(C)CC)C(=O)O. The van der Waals surface area contributed by atoms with Crippen molar-refractivity contribution in [2.45, 2.75) is 71.4 Å². The number of rotatable bonds is 9. The average molecular weight is 215 g/mol. The quantitative estimate of drug-likeness (QED) is 0.581. The van der Waals surface area contributed by atoms with Gasteiger partial charge in [-0.15, -0.1) is 0 Å². The van der Waals surface area contributed by atoms with Gasteiger partial charge >= 0.3 is 5.97 Å². The first-order valence-electron chi connectivity index (χ1n) is 6.10. The van der Waals surface area contributed by atoms with Crippen molar-refractivity contribution in [3.63, 3.8) is 0 Å². The summed E-state index contributed by atoms with van der Waals surface area (Å²) >= 11 is 0. The third kappa shape index (κ3) is 7.37. The largest absolute Gasteiger partial charge is 0.480 e. The molecule has 0 radical (unpaired) electrons. The van der Waals surface area contributed by atoms with Crippen molar-refractivity contribution in [3.8, 4) is 0 Å². The number of carboxylic acids is 1. The van der Waals surface area contributed by atoms with E-state index < -0.39 is 5.97 Å². The number of carboxylic acid groups (broad SMARTS) is 1. The molecule has 3 nitrogen and oxygen atoms in total. The van der Waals surface area contributed by atoms with Gasteiger partial charge in [0.15, 0.2) is 0 Å². The predicted molar refractivity (Wildman–Crippen MR) is 63.1 cm³/mol. The van der Waals surface area contributed by atoms with Gasteiger partial charge in [0.25, 0.3) is 0 Å². The molecule has 0 aliphatic heterocycles. The van der Waals surface area contributed by atoms with E-state index in [1.165, 1.54) is 12.8 Å². The van der Waals surface area contributed by atoms with Crippen LogP contribution in [0.4, 0.5) is 0 Å². The van der Waals surface area contributed by atoms with Crippen LogP contribution in [0, 0.1) is 0 Å². The maximum absolute atomic E-state index is 11.0. The zero-order chi connectivity index (χ0) is 11.7. The number of aliphatic carboxylic acids is 1. The van der Waals surface area contributed by atoms with Crippen LogP contribution in [0.2, 0.25) is 0 Å². The van der Waals surface area contributed by atoms with Crippen molar-refractivity contribution >= 4 is 5.97 Å². The Morgan fingerprint density at radius 1 is 1.27 bits per heavy atom. The molecule has 0 amide bonds. The van der Waals surface area contributed by atoms with E-state index in [9.17, 15) is 4.79 Å². The minimum Gasteiger partial charge on any atom is -0.480 e. The van der Waals surface area contributed by atoms with Crippen molar-refractivity contribution in [2.24, 2.45) is 0 Å². The van der Waals surface area contributed by atoms with Gasteiger partial charge in [0.05, 0.1) is 0 Å². The smallest absolute Gasteiger partial charge is 0.320 e. The van der Waals surface area contributed by atoms with Gasteiger partial charge < -0.3 is 10.4 Å². The average Bonchev–Trinajstić information content (AvgIpc) is 2.21. The molecule has 0 aromatic carbocycles. The van der Waals surface area contributed by atoms with Gasteiger partial charge in [-0.3, -0.25) is 4.79 Å². The van der Waals surface area contributed by atoms with Crippen LogP contribution in [0.5, 0.6) is 0 Å². The normalized spacial score (nSPS) is 14.9. The first-order valence-corrected chi connectivity index (χ1v) is 6.10. The van der Waals surface area contributed by atoms with E-state index in [1.807, 2.05) is 6.92 Å². The van der Waals surface area contributed by atoms with E-state index in [2.05, 4.69) is 19.2 Å². The molecule has 2 atom stereocenters. The number of unbranched alkanes of at least 4 members (excludes halogenated alkanes) is 3. The Hall–Kier alpha value is -0.570. The minimum atomic E-state index is -0.716. The van der Waals surface area contributed by atoms with Crippen molar-refractivity contribution in [1.29, 1.82) is 0 Å².